The number of ether oxygens (including phenoxy) is 2. The molecule has 1 aromatic heterocycles. The molecule has 7 heteroatoms. The SMILES string of the molecule is Cc1nn(Cc2ccccc2Cl)c(C)c1/C=C/C(=O)OC1CC(C)OC1=O. The molecular formula is C20H21ClN2O4. The molecule has 0 radical (unpaired) electrons. The molecule has 0 N–H and O–H groups in total. The van der Waals surface area contributed by atoms with E-state index in [1.807, 2.05) is 42.8 Å². The van der Waals surface area contributed by atoms with Gasteiger partial charge in [-0.25, -0.2) is 9.59 Å². The smallest absolute Gasteiger partial charge is 0.347 e. The van der Waals surface area contributed by atoms with E-state index in [0.29, 0.717) is 18.0 Å². The van der Waals surface area contributed by atoms with E-state index in [0.717, 1.165) is 22.5 Å². The maximum atomic E-state index is 12.0. The Balaban J connectivity index is 1.71. The Morgan fingerprint density at radius 2 is 2.15 bits per heavy atom. The van der Waals surface area contributed by atoms with E-state index in [-0.39, 0.29) is 6.10 Å². The van der Waals surface area contributed by atoms with Crippen molar-refractivity contribution >= 4 is 29.6 Å². The molecule has 0 spiro atoms. The summed E-state index contributed by atoms with van der Waals surface area (Å²) in [6, 6.07) is 7.61. The van der Waals surface area contributed by atoms with Crippen LogP contribution in [0.4, 0.5) is 0 Å². The molecule has 27 heavy (non-hydrogen) atoms. The van der Waals surface area contributed by atoms with Crippen LogP contribution in [0.2, 0.25) is 5.02 Å². The van der Waals surface area contributed by atoms with Crippen LogP contribution >= 0.6 is 11.6 Å². The number of halogens is 1. The number of aromatic nitrogens is 2. The van der Waals surface area contributed by atoms with Crippen molar-refractivity contribution in [3.63, 3.8) is 0 Å². The minimum Gasteiger partial charge on any atom is -0.460 e. The number of hydrogen-bond donors (Lipinski definition) is 0. The molecule has 0 aliphatic carbocycles. The second kappa shape index (κ2) is 7.96. The highest BCUT2D eigenvalue weighted by Crippen LogP contribution is 2.21. The molecule has 0 saturated carbocycles. The fraction of sp³-hybridized carbons (Fsp3) is 0.350. The largest absolute Gasteiger partial charge is 0.460 e. The van der Waals surface area contributed by atoms with E-state index in [1.165, 1.54) is 6.08 Å². The summed E-state index contributed by atoms with van der Waals surface area (Å²) >= 11 is 6.22. The quantitative estimate of drug-likeness (QED) is 0.579. The lowest BCUT2D eigenvalue weighted by Gasteiger charge is -2.07. The van der Waals surface area contributed by atoms with Gasteiger partial charge in [-0.3, -0.25) is 4.68 Å². The minimum absolute atomic E-state index is 0.230. The normalized spacial score (nSPS) is 19.5. The van der Waals surface area contributed by atoms with Crippen molar-refractivity contribution in [2.75, 3.05) is 0 Å². The highest BCUT2D eigenvalue weighted by Gasteiger charge is 2.34. The molecule has 1 aliphatic heterocycles. The average molecular weight is 389 g/mol. The number of benzene rings is 1. The van der Waals surface area contributed by atoms with Crippen molar-refractivity contribution in [1.29, 1.82) is 0 Å². The van der Waals surface area contributed by atoms with Gasteiger partial charge in [0, 0.05) is 28.8 Å². The Labute approximate surface area is 162 Å². The van der Waals surface area contributed by atoms with Crippen LogP contribution in [0.5, 0.6) is 0 Å². The molecule has 3 rings (SSSR count). The highest BCUT2D eigenvalue weighted by molar-refractivity contribution is 6.31. The van der Waals surface area contributed by atoms with Gasteiger partial charge in [0.2, 0.25) is 6.10 Å². The number of nitrogens with zero attached hydrogens (tertiary/aromatic N) is 2. The van der Waals surface area contributed by atoms with Crippen molar-refractivity contribution in [2.45, 2.75) is 45.9 Å². The first-order valence-corrected chi connectivity index (χ1v) is 9.09. The maximum absolute atomic E-state index is 12.0. The number of carbonyl (C=O) groups is 2. The lowest BCUT2D eigenvalue weighted by Crippen LogP contribution is -2.21. The molecule has 2 atom stereocenters. The van der Waals surface area contributed by atoms with Crippen molar-refractivity contribution < 1.29 is 19.1 Å². The molecule has 1 saturated heterocycles. The number of cyclic esters (lactones) is 1. The first kappa shape index (κ1) is 19.2. The van der Waals surface area contributed by atoms with Crippen molar-refractivity contribution in [3.8, 4) is 0 Å². The summed E-state index contributed by atoms with van der Waals surface area (Å²) < 4.78 is 12.0. The van der Waals surface area contributed by atoms with Gasteiger partial charge in [-0.1, -0.05) is 29.8 Å². The van der Waals surface area contributed by atoms with Gasteiger partial charge in [0.05, 0.1) is 12.2 Å². The molecule has 142 valence electrons. The fourth-order valence-electron chi connectivity index (χ4n) is 3.04. The Morgan fingerprint density at radius 3 is 2.81 bits per heavy atom. The summed E-state index contributed by atoms with van der Waals surface area (Å²) in [6.45, 7) is 6.10. The van der Waals surface area contributed by atoms with E-state index in [9.17, 15) is 9.59 Å². The Bertz CT molecular complexity index is 903. The Hall–Kier alpha value is -2.60. The summed E-state index contributed by atoms with van der Waals surface area (Å²) in [4.78, 5) is 23.6. The molecule has 6 nitrogen and oxygen atoms in total. The summed E-state index contributed by atoms with van der Waals surface area (Å²) in [5, 5.41) is 5.21. The third kappa shape index (κ3) is 4.39. The van der Waals surface area contributed by atoms with E-state index in [1.54, 1.807) is 13.0 Å². The predicted molar refractivity (Wildman–Crippen MR) is 101 cm³/mol. The van der Waals surface area contributed by atoms with E-state index in [4.69, 9.17) is 21.1 Å². The lowest BCUT2D eigenvalue weighted by molar-refractivity contribution is -0.157. The maximum Gasteiger partial charge on any atom is 0.347 e. The summed E-state index contributed by atoms with van der Waals surface area (Å²) in [5.74, 6) is -1.08. The zero-order chi connectivity index (χ0) is 19.6. The van der Waals surface area contributed by atoms with E-state index < -0.39 is 18.0 Å². The third-order valence-electron chi connectivity index (χ3n) is 4.49. The second-order valence-electron chi connectivity index (χ2n) is 6.58. The Kier molecular flexibility index (Phi) is 5.65. The topological polar surface area (TPSA) is 70.4 Å². The molecule has 2 aromatic rings. The number of esters is 2. The number of carbonyl (C=O) groups excluding carboxylic acids is 2. The Morgan fingerprint density at radius 1 is 1.41 bits per heavy atom. The van der Waals surface area contributed by atoms with Gasteiger partial charge in [-0.05, 0) is 38.5 Å². The van der Waals surface area contributed by atoms with E-state index in [2.05, 4.69) is 5.10 Å². The van der Waals surface area contributed by atoms with Crippen molar-refractivity contribution in [2.24, 2.45) is 0 Å². The van der Waals surface area contributed by atoms with Crippen LogP contribution < -0.4 is 0 Å². The molecule has 0 bridgehead atoms. The molecule has 0 amide bonds. The van der Waals surface area contributed by atoms with Gasteiger partial charge in [0.1, 0.15) is 6.10 Å². The summed E-state index contributed by atoms with van der Waals surface area (Å²) in [5.41, 5.74) is 3.50. The van der Waals surface area contributed by atoms with Crippen LogP contribution in [0.15, 0.2) is 30.3 Å². The molecule has 1 aliphatic rings. The van der Waals surface area contributed by atoms with Crippen LogP contribution in [0, 0.1) is 13.8 Å². The molecular weight excluding hydrogens is 368 g/mol. The monoisotopic (exact) mass is 388 g/mol. The van der Waals surface area contributed by atoms with Gasteiger partial charge in [-0.2, -0.15) is 5.10 Å². The summed E-state index contributed by atoms with van der Waals surface area (Å²) in [7, 11) is 0. The van der Waals surface area contributed by atoms with Gasteiger partial charge >= 0.3 is 11.9 Å². The zero-order valence-electron chi connectivity index (χ0n) is 15.4. The molecule has 1 fully saturated rings. The highest BCUT2D eigenvalue weighted by atomic mass is 35.5. The molecule has 2 unspecified atom stereocenters. The standard InChI is InChI=1S/C20H21ClN2O4/c1-12-10-18(20(25)26-12)27-19(24)9-8-16-13(2)22-23(14(16)3)11-15-6-4-5-7-17(15)21/h4-9,12,18H,10-11H2,1-3H3/b9-8+. The van der Waals surface area contributed by atoms with Crippen molar-refractivity contribution in [1.82, 2.24) is 9.78 Å². The van der Waals surface area contributed by atoms with Crippen LogP contribution in [0.3, 0.4) is 0 Å². The number of aryl methyl sites for hydroxylation is 1. The summed E-state index contributed by atoms with van der Waals surface area (Å²) in [6.07, 6.45) is 2.29. The zero-order valence-corrected chi connectivity index (χ0v) is 16.2. The molecule has 2 heterocycles. The van der Waals surface area contributed by atoms with Gasteiger partial charge in [-0.15, -0.1) is 0 Å². The first-order valence-electron chi connectivity index (χ1n) is 8.71. The van der Waals surface area contributed by atoms with Crippen LogP contribution in [0.25, 0.3) is 6.08 Å². The van der Waals surface area contributed by atoms with Gasteiger partial charge in [0.15, 0.2) is 0 Å². The molecule has 1 aromatic carbocycles. The number of rotatable bonds is 5. The van der Waals surface area contributed by atoms with Crippen LogP contribution in [-0.4, -0.2) is 33.9 Å². The van der Waals surface area contributed by atoms with Crippen LogP contribution in [0.1, 0.15) is 35.9 Å². The van der Waals surface area contributed by atoms with Crippen LogP contribution in [-0.2, 0) is 25.6 Å². The average Bonchev–Trinajstić information content (AvgIpc) is 3.06. The fourth-order valence-corrected chi connectivity index (χ4v) is 3.24. The van der Waals surface area contributed by atoms with Gasteiger partial charge in [0.25, 0.3) is 0 Å². The third-order valence-corrected chi connectivity index (χ3v) is 4.85. The predicted octanol–water partition coefficient (Wildman–Crippen LogP) is 3.46. The second-order valence-corrected chi connectivity index (χ2v) is 6.98. The lowest BCUT2D eigenvalue weighted by atomic mass is 10.1. The minimum atomic E-state index is -0.831. The van der Waals surface area contributed by atoms with E-state index >= 15 is 0 Å². The van der Waals surface area contributed by atoms with Gasteiger partial charge < -0.3 is 9.47 Å². The first-order chi connectivity index (χ1) is 12.8. The number of hydrogen-bond acceptors (Lipinski definition) is 5. The van der Waals surface area contributed by atoms with Crippen molar-refractivity contribution in [3.05, 3.63) is 57.9 Å².